The highest BCUT2D eigenvalue weighted by Crippen LogP contribution is 2.25. The molecule has 0 aliphatic carbocycles. The van der Waals surface area contributed by atoms with Crippen molar-refractivity contribution in [2.24, 2.45) is 0 Å². The van der Waals surface area contributed by atoms with Gasteiger partial charge in [-0.25, -0.2) is 4.98 Å². The van der Waals surface area contributed by atoms with Crippen LogP contribution >= 0.6 is 11.3 Å². The topological polar surface area (TPSA) is 64.3 Å². The third kappa shape index (κ3) is 3.31. The van der Waals surface area contributed by atoms with Gasteiger partial charge in [-0.05, 0) is 0 Å². The Hall–Kier alpha value is -2.09. The van der Waals surface area contributed by atoms with E-state index in [-0.39, 0.29) is 6.10 Å². The van der Waals surface area contributed by atoms with Crippen molar-refractivity contribution in [3.8, 4) is 11.4 Å². The van der Waals surface area contributed by atoms with Crippen LogP contribution in [0.1, 0.15) is 17.0 Å². The highest BCUT2D eigenvalue weighted by molar-refractivity contribution is 7.09. The van der Waals surface area contributed by atoms with Crippen LogP contribution in [0.2, 0.25) is 0 Å². The Labute approximate surface area is 137 Å². The van der Waals surface area contributed by atoms with Crippen molar-refractivity contribution in [1.82, 2.24) is 20.0 Å². The fourth-order valence-electron chi connectivity index (χ4n) is 2.60. The maximum absolute atomic E-state index is 5.80. The van der Waals surface area contributed by atoms with E-state index in [0.29, 0.717) is 24.9 Å². The molecule has 2 aromatic heterocycles. The first-order valence-corrected chi connectivity index (χ1v) is 8.38. The molecule has 1 saturated heterocycles. The molecule has 23 heavy (non-hydrogen) atoms. The van der Waals surface area contributed by atoms with E-state index in [1.807, 2.05) is 41.9 Å². The lowest BCUT2D eigenvalue weighted by molar-refractivity contribution is -0.0356. The Morgan fingerprint density at radius 3 is 3.00 bits per heavy atom. The normalized spacial score (nSPS) is 19.0. The van der Waals surface area contributed by atoms with E-state index in [9.17, 15) is 0 Å². The van der Waals surface area contributed by atoms with Crippen molar-refractivity contribution < 1.29 is 9.26 Å². The number of hydrogen-bond acceptors (Lipinski definition) is 7. The second-order valence-corrected chi connectivity index (χ2v) is 6.27. The number of hydrogen-bond donors (Lipinski definition) is 0. The van der Waals surface area contributed by atoms with Crippen LogP contribution in [0.4, 0.5) is 0 Å². The van der Waals surface area contributed by atoms with Crippen LogP contribution < -0.4 is 0 Å². The molecule has 1 fully saturated rings. The minimum atomic E-state index is 0.0280. The monoisotopic (exact) mass is 328 g/mol. The van der Waals surface area contributed by atoms with Crippen LogP contribution in [0, 0.1) is 0 Å². The minimum absolute atomic E-state index is 0.0280. The Kier molecular flexibility index (Phi) is 4.14. The van der Waals surface area contributed by atoms with E-state index in [0.717, 1.165) is 23.7 Å². The SMILES string of the molecule is c1ccc(-c2noc(CN3CCOC(c4nccs4)C3)n2)cc1. The summed E-state index contributed by atoms with van der Waals surface area (Å²) in [5.41, 5.74) is 0.963. The van der Waals surface area contributed by atoms with Gasteiger partial charge in [-0.1, -0.05) is 35.5 Å². The van der Waals surface area contributed by atoms with Gasteiger partial charge in [0.25, 0.3) is 0 Å². The highest BCUT2D eigenvalue weighted by atomic mass is 32.1. The second kappa shape index (κ2) is 6.57. The fraction of sp³-hybridized carbons (Fsp3) is 0.312. The molecular weight excluding hydrogens is 312 g/mol. The Balaban J connectivity index is 1.43. The number of aromatic nitrogens is 3. The molecule has 0 N–H and O–H groups in total. The lowest BCUT2D eigenvalue weighted by Crippen LogP contribution is -2.37. The molecule has 1 aliphatic heterocycles. The fourth-order valence-corrected chi connectivity index (χ4v) is 3.28. The van der Waals surface area contributed by atoms with Gasteiger partial charge in [0.1, 0.15) is 11.1 Å². The number of rotatable bonds is 4. The van der Waals surface area contributed by atoms with Crippen molar-refractivity contribution in [3.63, 3.8) is 0 Å². The first kappa shape index (κ1) is 14.5. The van der Waals surface area contributed by atoms with Crippen LogP contribution in [0.5, 0.6) is 0 Å². The van der Waals surface area contributed by atoms with Gasteiger partial charge in [0.05, 0.1) is 13.2 Å². The van der Waals surface area contributed by atoms with E-state index in [1.165, 1.54) is 0 Å². The predicted octanol–water partition coefficient (Wildman–Crippen LogP) is 2.77. The van der Waals surface area contributed by atoms with Crippen molar-refractivity contribution in [2.45, 2.75) is 12.6 Å². The number of benzene rings is 1. The van der Waals surface area contributed by atoms with Gasteiger partial charge >= 0.3 is 0 Å². The summed E-state index contributed by atoms with van der Waals surface area (Å²) in [4.78, 5) is 11.1. The molecule has 0 amide bonds. The van der Waals surface area contributed by atoms with Gasteiger partial charge in [0, 0.05) is 30.2 Å². The average molecular weight is 328 g/mol. The molecule has 118 valence electrons. The Bertz CT molecular complexity index is 745. The molecule has 3 aromatic rings. The molecule has 0 radical (unpaired) electrons. The van der Waals surface area contributed by atoms with Crippen molar-refractivity contribution in [2.75, 3.05) is 19.7 Å². The summed E-state index contributed by atoms with van der Waals surface area (Å²) in [6.45, 7) is 2.95. The summed E-state index contributed by atoms with van der Waals surface area (Å²) >= 11 is 1.62. The Morgan fingerprint density at radius 1 is 1.26 bits per heavy atom. The number of nitrogens with zero attached hydrogens (tertiary/aromatic N) is 4. The van der Waals surface area contributed by atoms with E-state index >= 15 is 0 Å². The third-order valence-corrected chi connectivity index (χ3v) is 4.60. The van der Waals surface area contributed by atoms with Gasteiger partial charge in [-0.15, -0.1) is 11.3 Å². The summed E-state index contributed by atoms with van der Waals surface area (Å²) in [7, 11) is 0. The van der Waals surface area contributed by atoms with Crippen molar-refractivity contribution in [3.05, 3.63) is 52.8 Å². The van der Waals surface area contributed by atoms with Crippen molar-refractivity contribution in [1.29, 1.82) is 0 Å². The molecule has 0 spiro atoms. The summed E-state index contributed by atoms with van der Waals surface area (Å²) in [5, 5.41) is 7.06. The average Bonchev–Trinajstić information content (AvgIpc) is 3.28. The second-order valence-electron chi connectivity index (χ2n) is 5.34. The maximum atomic E-state index is 5.80. The summed E-state index contributed by atoms with van der Waals surface area (Å²) in [6.07, 6.45) is 1.84. The van der Waals surface area contributed by atoms with Gasteiger partial charge in [0.2, 0.25) is 11.7 Å². The molecule has 0 saturated carbocycles. The largest absolute Gasteiger partial charge is 0.368 e. The van der Waals surface area contributed by atoms with E-state index in [2.05, 4.69) is 20.0 Å². The lowest BCUT2D eigenvalue weighted by Gasteiger charge is -2.30. The van der Waals surface area contributed by atoms with Crippen molar-refractivity contribution >= 4 is 11.3 Å². The zero-order valence-electron chi connectivity index (χ0n) is 12.5. The maximum Gasteiger partial charge on any atom is 0.241 e. The van der Waals surface area contributed by atoms with Crippen LogP contribution in [0.15, 0.2) is 46.4 Å². The smallest absolute Gasteiger partial charge is 0.241 e. The molecule has 6 nitrogen and oxygen atoms in total. The van der Waals surface area contributed by atoms with Gasteiger partial charge in [-0.2, -0.15) is 4.98 Å². The summed E-state index contributed by atoms with van der Waals surface area (Å²) < 4.78 is 11.2. The molecule has 1 aromatic carbocycles. The Morgan fingerprint density at radius 2 is 2.17 bits per heavy atom. The molecule has 1 aliphatic rings. The molecule has 4 rings (SSSR count). The minimum Gasteiger partial charge on any atom is -0.368 e. The first-order chi connectivity index (χ1) is 11.4. The third-order valence-electron chi connectivity index (χ3n) is 3.74. The molecular formula is C16H16N4O2S. The zero-order chi connectivity index (χ0) is 15.5. The van der Waals surface area contributed by atoms with Gasteiger partial charge in [-0.3, -0.25) is 4.90 Å². The quantitative estimate of drug-likeness (QED) is 0.734. The van der Waals surface area contributed by atoms with Crippen LogP contribution in [0.3, 0.4) is 0 Å². The molecule has 1 atom stereocenters. The number of morpholine rings is 1. The molecule has 3 heterocycles. The molecule has 0 bridgehead atoms. The number of ether oxygens (including phenoxy) is 1. The highest BCUT2D eigenvalue weighted by Gasteiger charge is 2.25. The van der Waals surface area contributed by atoms with E-state index in [1.54, 1.807) is 11.3 Å². The van der Waals surface area contributed by atoms with Crippen LogP contribution in [-0.4, -0.2) is 39.7 Å². The predicted molar refractivity (Wildman–Crippen MR) is 85.8 cm³/mol. The number of thiazole rings is 1. The van der Waals surface area contributed by atoms with Crippen LogP contribution in [-0.2, 0) is 11.3 Å². The first-order valence-electron chi connectivity index (χ1n) is 7.50. The van der Waals surface area contributed by atoms with Gasteiger partial charge < -0.3 is 9.26 Å². The summed E-state index contributed by atoms with van der Waals surface area (Å²) in [5.74, 6) is 1.26. The molecule has 7 heteroatoms. The van der Waals surface area contributed by atoms with E-state index < -0.39 is 0 Å². The molecule has 1 unspecified atom stereocenters. The van der Waals surface area contributed by atoms with E-state index in [4.69, 9.17) is 9.26 Å². The lowest BCUT2D eigenvalue weighted by atomic mass is 10.2. The standard InChI is InChI=1S/C16H16N4O2S/c1-2-4-12(5-3-1)15-18-14(22-19-15)11-20-7-8-21-13(10-20)16-17-6-9-23-16/h1-6,9,13H,7-8,10-11H2. The summed E-state index contributed by atoms with van der Waals surface area (Å²) in [6, 6.07) is 9.85. The zero-order valence-corrected chi connectivity index (χ0v) is 13.3. The van der Waals surface area contributed by atoms with Crippen LogP contribution in [0.25, 0.3) is 11.4 Å². The van der Waals surface area contributed by atoms with Gasteiger partial charge in [0.15, 0.2) is 0 Å².